The lowest BCUT2D eigenvalue weighted by atomic mass is 9.99. The van der Waals surface area contributed by atoms with Gasteiger partial charge in [0.15, 0.2) is 0 Å². The Balaban J connectivity index is 1.68. The molecule has 0 aliphatic carbocycles. The molecule has 2 aliphatic rings. The van der Waals surface area contributed by atoms with Crippen molar-refractivity contribution in [1.29, 1.82) is 0 Å². The van der Waals surface area contributed by atoms with E-state index < -0.39 is 5.54 Å². The molecule has 1 unspecified atom stereocenters. The van der Waals surface area contributed by atoms with Gasteiger partial charge in [-0.25, -0.2) is 0 Å². The molecule has 0 bridgehead atoms. The number of nitrogens with zero attached hydrogens (tertiary/aromatic N) is 1. The number of amides is 2. The lowest BCUT2D eigenvalue weighted by Gasteiger charge is -2.27. The van der Waals surface area contributed by atoms with E-state index in [1.165, 1.54) is 6.42 Å². The second kappa shape index (κ2) is 6.37. The Hall–Kier alpha value is -1.10. The van der Waals surface area contributed by atoms with Crippen molar-refractivity contribution in [3.8, 4) is 0 Å². The summed E-state index contributed by atoms with van der Waals surface area (Å²) in [4.78, 5) is 25.9. The minimum atomic E-state index is -0.436. The van der Waals surface area contributed by atoms with Gasteiger partial charge in [-0.2, -0.15) is 0 Å². The van der Waals surface area contributed by atoms with Gasteiger partial charge in [0.1, 0.15) is 0 Å². The molecule has 0 aromatic carbocycles. The number of carbonyl (C=O) groups excluding carboxylic acids is 2. The van der Waals surface area contributed by atoms with E-state index in [1.54, 1.807) is 0 Å². The Morgan fingerprint density at radius 3 is 2.58 bits per heavy atom. The summed E-state index contributed by atoms with van der Waals surface area (Å²) in [6, 6.07) is 0. The normalized spacial score (nSPS) is 27.3. The van der Waals surface area contributed by atoms with Crippen LogP contribution in [0.1, 0.15) is 45.4 Å². The Labute approximate surface area is 115 Å². The third-order valence-corrected chi connectivity index (χ3v) is 4.20. The van der Waals surface area contributed by atoms with Crippen molar-refractivity contribution < 1.29 is 9.59 Å². The molecule has 2 N–H and O–H groups in total. The van der Waals surface area contributed by atoms with Crippen LogP contribution in [0.3, 0.4) is 0 Å². The van der Waals surface area contributed by atoms with Crippen molar-refractivity contribution in [3.63, 3.8) is 0 Å². The number of nitrogens with one attached hydrogen (secondary N) is 2. The topological polar surface area (TPSA) is 61.4 Å². The first-order valence-electron chi connectivity index (χ1n) is 7.43. The zero-order valence-electron chi connectivity index (χ0n) is 11.8. The van der Waals surface area contributed by atoms with Gasteiger partial charge in [0.25, 0.3) is 0 Å². The second-order valence-electron chi connectivity index (χ2n) is 5.81. The van der Waals surface area contributed by atoms with Gasteiger partial charge in [-0.15, -0.1) is 0 Å². The molecule has 2 saturated heterocycles. The summed E-state index contributed by atoms with van der Waals surface area (Å²) in [5.41, 5.74) is -0.436. The largest absolute Gasteiger partial charge is 0.354 e. The smallest absolute Gasteiger partial charge is 0.240 e. The molecule has 2 amide bonds. The van der Waals surface area contributed by atoms with Gasteiger partial charge in [0.2, 0.25) is 11.8 Å². The monoisotopic (exact) mass is 267 g/mol. The highest BCUT2D eigenvalue weighted by Crippen LogP contribution is 2.18. The Morgan fingerprint density at radius 2 is 1.95 bits per heavy atom. The number of carbonyl (C=O) groups is 2. The number of likely N-dealkylation sites (tertiary alicyclic amines) is 1. The summed E-state index contributed by atoms with van der Waals surface area (Å²) in [6.07, 6.45) is 5.78. The van der Waals surface area contributed by atoms with Crippen molar-refractivity contribution in [2.45, 2.75) is 51.0 Å². The van der Waals surface area contributed by atoms with Crippen LogP contribution in [0.15, 0.2) is 0 Å². The van der Waals surface area contributed by atoms with E-state index in [4.69, 9.17) is 0 Å². The van der Waals surface area contributed by atoms with E-state index >= 15 is 0 Å². The molecule has 5 heteroatoms. The highest BCUT2D eigenvalue weighted by atomic mass is 16.2. The molecule has 0 aromatic heterocycles. The van der Waals surface area contributed by atoms with E-state index in [2.05, 4.69) is 10.6 Å². The molecule has 2 fully saturated rings. The predicted octanol–water partition coefficient (Wildman–Crippen LogP) is 0.647. The van der Waals surface area contributed by atoms with Gasteiger partial charge in [-0.3, -0.25) is 9.59 Å². The summed E-state index contributed by atoms with van der Waals surface area (Å²) in [5, 5.41) is 6.11. The summed E-state index contributed by atoms with van der Waals surface area (Å²) < 4.78 is 0. The quantitative estimate of drug-likeness (QED) is 0.786. The minimum Gasteiger partial charge on any atom is -0.354 e. The maximum atomic E-state index is 12.0. The standard InChI is InChI=1S/C14H25N3O2/c1-14(7-5-8-16-14)13(19)15-9-6-12(18)17-10-3-2-4-11-17/h16H,2-11H2,1H3,(H,15,19). The van der Waals surface area contributed by atoms with Crippen LogP contribution in [0.5, 0.6) is 0 Å². The van der Waals surface area contributed by atoms with Crippen LogP contribution in [0.25, 0.3) is 0 Å². The average Bonchev–Trinajstić information content (AvgIpc) is 2.88. The fourth-order valence-corrected chi connectivity index (χ4v) is 2.87. The van der Waals surface area contributed by atoms with E-state index in [-0.39, 0.29) is 11.8 Å². The predicted molar refractivity (Wildman–Crippen MR) is 73.7 cm³/mol. The molecule has 2 heterocycles. The summed E-state index contributed by atoms with van der Waals surface area (Å²) >= 11 is 0. The molecular formula is C14H25N3O2. The Morgan fingerprint density at radius 1 is 1.21 bits per heavy atom. The minimum absolute atomic E-state index is 0.0245. The van der Waals surface area contributed by atoms with Crippen LogP contribution in [0, 0.1) is 0 Å². The first kappa shape index (κ1) is 14.3. The first-order valence-corrected chi connectivity index (χ1v) is 7.43. The number of hydrogen-bond donors (Lipinski definition) is 2. The maximum Gasteiger partial charge on any atom is 0.240 e. The van der Waals surface area contributed by atoms with Crippen LogP contribution in [-0.4, -0.2) is 48.4 Å². The molecule has 2 rings (SSSR count). The van der Waals surface area contributed by atoms with Crippen LogP contribution < -0.4 is 10.6 Å². The van der Waals surface area contributed by atoms with Gasteiger partial charge in [0, 0.05) is 26.1 Å². The van der Waals surface area contributed by atoms with Crippen LogP contribution in [0.2, 0.25) is 0 Å². The van der Waals surface area contributed by atoms with E-state index in [1.807, 2.05) is 11.8 Å². The molecule has 0 saturated carbocycles. The van der Waals surface area contributed by atoms with E-state index in [9.17, 15) is 9.59 Å². The highest BCUT2D eigenvalue weighted by Gasteiger charge is 2.35. The van der Waals surface area contributed by atoms with Crippen molar-refractivity contribution >= 4 is 11.8 Å². The molecule has 2 aliphatic heterocycles. The first-order chi connectivity index (χ1) is 9.12. The van der Waals surface area contributed by atoms with Crippen molar-refractivity contribution in [1.82, 2.24) is 15.5 Å². The van der Waals surface area contributed by atoms with Gasteiger partial charge >= 0.3 is 0 Å². The SMILES string of the molecule is CC1(C(=O)NCCC(=O)N2CCCCC2)CCCN1. The van der Waals surface area contributed by atoms with Gasteiger partial charge < -0.3 is 15.5 Å². The molecule has 0 aromatic rings. The molecule has 108 valence electrons. The third-order valence-electron chi connectivity index (χ3n) is 4.20. The molecule has 5 nitrogen and oxygen atoms in total. The number of hydrogen-bond acceptors (Lipinski definition) is 3. The zero-order chi connectivity index (χ0) is 13.7. The maximum absolute atomic E-state index is 12.0. The van der Waals surface area contributed by atoms with E-state index in [0.717, 1.165) is 45.3 Å². The van der Waals surface area contributed by atoms with Crippen molar-refractivity contribution in [2.75, 3.05) is 26.2 Å². The van der Waals surface area contributed by atoms with Gasteiger partial charge in [-0.05, 0) is 45.6 Å². The van der Waals surface area contributed by atoms with Crippen LogP contribution in [0.4, 0.5) is 0 Å². The fourth-order valence-electron chi connectivity index (χ4n) is 2.87. The molecule has 0 spiro atoms. The highest BCUT2D eigenvalue weighted by molar-refractivity contribution is 5.86. The molecule has 1 atom stereocenters. The number of rotatable bonds is 4. The summed E-state index contributed by atoms with van der Waals surface area (Å²) in [6.45, 7) is 5.04. The fraction of sp³-hybridized carbons (Fsp3) is 0.857. The van der Waals surface area contributed by atoms with Gasteiger partial charge in [0.05, 0.1) is 5.54 Å². The van der Waals surface area contributed by atoms with Crippen molar-refractivity contribution in [3.05, 3.63) is 0 Å². The average molecular weight is 267 g/mol. The Bertz CT molecular complexity index is 332. The van der Waals surface area contributed by atoms with Gasteiger partial charge in [-0.1, -0.05) is 0 Å². The van der Waals surface area contributed by atoms with Crippen LogP contribution in [-0.2, 0) is 9.59 Å². The van der Waals surface area contributed by atoms with Crippen molar-refractivity contribution in [2.24, 2.45) is 0 Å². The second-order valence-corrected chi connectivity index (χ2v) is 5.81. The summed E-state index contributed by atoms with van der Waals surface area (Å²) in [5.74, 6) is 0.195. The number of piperidine rings is 1. The Kier molecular flexibility index (Phi) is 4.80. The molecule has 19 heavy (non-hydrogen) atoms. The van der Waals surface area contributed by atoms with E-state index in [0.29, 0.717) is 13.0 Å². The third kappa shape index (κ3) is 3.69. The lowest BCUT2D eigenvalue weighted by Crippen LogP contribution is -2.51. The molecular weight excluding hydrogens is 242 g/mol. The molecule has 0 radical (unpaired) electrons. The lowest BCUT2D eigenvalue weighted by molar-refractivity contribution is -0.132. The zero-order valence-corrected chi connectivity index (χ0v) is 11.8. The van der Waals surface area contributed by atoms with Crippen LogP contribution >= 0.6 is 0 Å². The summed E-state index contributed by atoms with van der Waals surface area (Å²) in [7, 11) is 0.